The first-order chi connectivity index (χ1) is 16.5. The van der Waals surface area contributed by atoms with Gasteiger partial charge in [0.05, 0.1) is 11.9 Å². The second-order valence-electron chi connectivity index (χ2n) is 7.04. The summed E-state index contributed by atoms with van der Waals surface area (Å²) < 4.78 is 11.7. The van der Waals surface area contributed by atoms with Gasteiger partial charge >= 0.3 is 0 Å². The summed E-state index contributed by atoms with van der Waals surface area (Å²) in [5.74, 6) is 1.34. The number of carbonyl (C=O) groups is 1. The number of aromatic nitrogens is 2. The summed E-state index contributed by atoms with van der Waals surface area (Å²) in [6.45, 7) is 14.3. The summed E-state index contributed by atoms with van der Waals surface area (Å²) in [7, 11) is 0. The van der Waals surface area contributed by atoms with Crippen LogP contribution in [0, 0.1) is 0 Å². The summed E-state index contributed by atoms with van der Waals surface area (Å²) in [6.07, 6.45) is 6.96. The fraction of sp³-hybridized carbons (Fsp3) is 0.393. The molecule has 0 aliphatic carbocycles. The summed E-state index contributed by atoms with van der Waals surface area (Å²) >= 11 is 0. The Morgan fingerprint density at radius 3 is 2.44 bits per heavy atom. The number of nitrogens with zero attached hydrogens (tertiary/aromatic N) is 2. The molecular formula is C28H38N2O4. The van der Waals surface area contributed by atoms with Gasteiger partial charge in [-0.2, -0.15) is 0 Å². The number of oxazole rings is 1. The Kier molecular flexibility index (Phi) is 13.0. The monoisotopic (exact) mass is 466 g/mol. The number of fused-ring (bicyclic) bond motifs is 1. The molecule has 0 saturated heterocycles. The minimum absolute atomic E-state index is 0.0912. The topological polar surface area (TPSA) is 85.5 Å². The molecule has 34 heavy (non-hydrogen) atoms. The Morgan fingerprint density at radius 2 is 1.82 bits per heavy atom. The van der Waals surface area contributed by atoms with E-state index in [1.165, 1.54) is 6.20 Å². The minimum atomic E-state index is 0.0912. The molecule has 0 amide bonds. The van der Waals surface area contributed by atoms with Crippen LogP contribution < -0.4 is 4.74 Å². The predicted molar refractivity (Wildman–Crippen MR) is 139 cm³/mol. The van der Waals surface area contributed by atoms with E-state index in [1.54, 1.807) is 24.3 Å². The molecule has 6 heteroatoms. The van der Waals surface area contributed by atoms with Crippen LogP contribution in [0.25, 0.3) is 16.7 Å². The van der Waals surface area contributed by atoms with Crippen LogP contribution in [0.1, 0.15) is 79.3 Å². The molecule has 2 heterocycles. The van der Waals surface area contributed by atoms with Gasteiger partial charge in [0.25, 0.3) is 0 Å². The Labute approximate surface area is 203 Å². The van der Waals surface area contributed by atoms with Gasteiger partial charge in [0, 0.05) is 18.1 Å². The van der Waals surface area contributed by atoms with E-state index in [4.69, 9.17) is 9.15 Å². The Hall–Kier alpha value is -3.41. The lowest BCUT2D eigenvalue weighted by Gasteiger charge is -2.05. The molecule has 184 valence electrons. The van der Waals surface area contributed by atoms with Crippen molar-refractivity contribution in [1.82, 2.24) is 9.97 Å². The van der Waals surface area contributed by atoms with Gasteiger partial charge in [-0.3, -0.25) is 9.78 Å². The quantitative estimate of drug-likeness (QED) is 0.257. The average molecular weight is 467 g/mol. The number of carbonyl (C=O) groups excluding carboxylic acids is 1. The van der Waals surface area contributed by atoms with Crippen LogP contribution >= 0.6 is 0 Å². The van der Waals surface area contributed by atoms with Crippen molar-refractivity contribution >= 4 is 22.5 Å². The first-order valence-electron chi connectivity index (χ1n) is 12.1. The SMILES string of the molecule is CC.CC.CCCC(=O)/C=C\C(=C(C)CC)c1nc2cc(OCc3ccc(O)cn3)ccc2o1. The second-order valence-corrected chi connectivity index (χ2v) is 7.04. The highest BCUT2D eigenvalue weighted by Crippen LogP contribution is 2.28. The number of pyridine rings is 1. The van der Waals surface area contributed by atoms with Crippen molar-refractivity contribution in [2.45, 2.75) is 74.3 Å². The van der Waals surface area contributed by atoms with Gasteiger partial charge in [-0.15, -0.1) is 0 Å². The zero-order valence-corrected chi connectivity index (χ0v) is 21.5. The molecule has 0 spiro atoms. The fourth-order valence-electron chi connectivity index (χ4n) is 2.86. The van der Waals surface area contributed by atoms with Gasteiger partial charge < -0.3 is 14.3 Å². The predicted octanol–water partition coefficient (Wildman–Crippen LogP) is 7.67. The van der Waals surface area contributed by atoms with Gasteiger partial charge in [0.2, 0.25) is 5.89 Å². The third kappa shape index (κ3) is 8.50. The number of rotatable bonds is 9. The molecule has 0 bridgehead atoms. The number of ether oxygens (including phenoxy) is 1. The maximum absolute atomic E-state index is 11.9. The number of hydrogen-bond acceptors (Lipinski definition) is 6. The lowest BCUT2D eigenvalue weighted by atomic mass is 10.1. The molecule has 0 unspecified atom stereocenters. The molecule has 1 aromatic carbocycles. The summed E-state index contributed by atoms with van der Waals surface area (Å²) in [5.41, 5.74) is 3.95. The van der Waals surface area contributed by atoms with Crippen LogP contribution in [-0.2, 0) is 11.4 Å². The highest BCUT2D eigenvalue weighted by Gasteiger charge is 2.13. The molecule has 0 aliphatic rings. The maximum Gasteiger partial charge on any atom is 0.227 e. The normalized spacial score (nSPS) is 11.3. The summed E-state index contributed by atoms with van der Waals surface area (Å²) in [6, 6.07) is 8.72. The number of hydrogen-bond donors (Lipinski definition) is 1. The van der Waals surface area contributed by atoms with E-state index in [0.717, 1.165) is 24.0 Å². The molecule has 6 nitrogen and oxygen atoms in total. The van der Waals surface area contributed by atoms with Crippen molar-refractivity contribution in [3.05, 3.63) is 65.8 Å². The molecular weight excluding hydrogens is 428 g/mol. The highest BCUT2D eigenvalue weighted by atomic mass is 16.5. The van der Waals surface area contributed by atoms with Gasteiger partial charge in [0.15, 0.2) is 11.4 Å². The van der Waals surface area contributed by atoms with Crippen LogP contribution in [0.2, 0.25) is 0 Å². The maximum atomic E-state index is 11.9. The van der Waals surface area contributed by atoms with Crippen LogP contribution in [-0.4, -0.2) is 20.9 Å². The lowest BCUT2D eigenvalue weighted by molar-refractivity contribution is -0.114. The van der Waals surface area contributed by atoms with Gasteiger partial charge in [-0.05, 0) is 56.2 Å². The first-order valence-corrected chi connectivity index (χ1v) is 12.1. The van der Waals surface area contributed by atoms with E-state index >= 15 is 0 Å². The van der Waals surface area contributed by atoms with Crippen LogP contribution in [0.4, 0.5) is 0 Å². The zero-order chi connectivity index (χ0) is 25.5. The van der Waals surface area contributed by atoms with Crippen LogP contribution in [0.5, 0.6) is 11.5 Å². The molecule has 0 aliphatic heterocycles. The number of ketones is 1. The highest BCUT2D eigenvalue weighted by molar-refractivity contribution is 5.93. The molecule has 3 rings (SSSR count). The third-order valence-corrected chi connectivity index (χ3v) is 4.71. The van der Waals surface area contributed by atoms with Crippen molar-refractivity contribution in [3.8, 4) is 11.5 Å². The molecule has 2 aromatic heterocycles. The molecule has 0 atom stereocenters. The van der Waals surface area contributed by atoms with Crippen LogP contribution in [0.15, 0.2) is 58.7 Å². The Bertz CT molecular complexity index is 1080. The van der Waals surface area contributed by atoms with E-state index in [-0.39, 0.29) is 18.1 Å². The lowest BCUT2D eigenvalue weighted by Crippen LogP contribution is -1.97. The van der Waals surface area contributed by atoms with Gasteiger partial charge in [-0.25, -0.2) is 4.98 Å². The molecule has 0 fully saturated rings. The largest absolute Gasteiger partial charge is 0.506 e. The van der Waals surface area contributed by atoms with Gasteiger partial charge in [-0.1, -0.05) is 47.1 Å². The van der Waals surface area contributed by atoms with Crippen molar-refractivity contribution in [3.63, 3.8) is 0 Å². The van der Waals surface area contributed by atoms with E-state index in [9.17, 15) is 9.90 Å². The molecule has 3 aromatic rings. The third-order valence-electron chi connectivity index (χ3n) is 4.71. The number of aromatic hydroxyl groups is 1. The molecule has 0 radical (unpaired) electrons. The van der Waals surface area contributed by atoms with E-state index < -0.39 is 0 Å². The zero-order valence-electron chi connectivity index (χ0n) is 21.5. The molecule has 1 N–H and O–H groups in total. The van der Waals surface area contributed by atoms with Crippen molar-refractivity contribution in [2.75, 3.05) is 0 Å². The smallest absolute Gasteiger partial charge is 0.227 e. The van der Waals surface area contributed by atoms with E-state index in [2.05, 4.69) is 16.9 Å². The van der Waals surface area contributed by atoms with Crippen molar-refractivity contribution < 1.29 is 19.1 Å². The summed E-state index contributed by atoms with van der Waals surface area (Å²) in [4.78, 5) is 20.6. The Balaban J connectivity index is 0.00000137. The fourth-order valence-corrected chi connectivity index (χ4v) is 2.86. The minimum Gasteiger partial charge on any atom is -0.506 e. The number of allylic oxidation sites excluding steroid dienone is 4. The standard InChI is InChI=1S/C24H26N2O4.2C2H6/c1-4-6-18(27)9-11-21(16(3)5-2)24-26-22-13-20(10-12-23(22)30-24)29-15-17-7-8-19(28)14-25-17;2*1-2/h7-14,28H,4-6,15H2,1-3H3;2*1-2H3/b11-9-,21-16?;;. The second kappa shape index (κ2) is 15.4. The first kappa shape index (κ1) is 28.6. The van der Waals surface area contributed by atoms with Crippen LogP contribution in [0.3, 0.4) is 0 Å². The van der Waals surface area contributed by atoms with E-state index in [0.29, 0.717) is 34.9 Å². The number of benzene rings is 1. The Morgan fingerprint density at radius 1 is 1.09 bits per heavy atom. The van der Waals surface area contributed by atoms with E-state index in [1.807, 2.05) is 59.7 Å². The van der Waals surface area contributed by atoms with Gasteiger partial charge in [0.1, 0.15) is 23.6 Å². The van der Waals surface area contributed by atoms with Crippen molar-refractivity contribution in [1.29, 1.82) is 0 Å². The average Bonchev–Trinajstić information content (AvgIpc) is 3.29. The summed E-state index contributed by atoms with van der Waals surface area (Å²) in [5, 5.41) is 9.31. The molecule has 0 saturated carbocycles. The van der Waals surface area contributed by atoms with Crippen molar-refractivity contribution in [2.24, 2.45) is 0 Å².